The maximum absolute atomic E-state index is 13.3. The number of fused-ring (bicyclic) bond motifs is 4. The second-order valence-corrected chi connectivity index (χ2v) is 9.85. The molecule has 0 unspecified atom stereocenters. The number of nitrogens with zero attached hydrogens (tertiary/aromatic N) is 1. The van der Waals surface area contributed by atoms with Gasteiger partial charge in [0.1, 0.15) is 17.0 Å². The van der Waals surface area contributed by atoms with Crippen LogP contribution >= 0.6 is 0 Å². The van der Waals surface area contributed by atoms with Crippen molar-refractivity contribution in [3.05, 3.63) is 63.8 Å². The number of H-pyrrole nitrogens is 1. The van der Waals surface area contributed by atoms with Gasteiger partial charge >= 0.3 is 0 Å². The lowest BCUT2D eigenvalue weighted by Crippen LogP contribution is -2.52. The molecule has 3 aromatic rings. The summed E-state index contributed by atoms with van der Waals surface area (Å²) in [6.07, 6.45) is 2.35. The van der Waals surface area contributed by atoms with Crippen molar-refractivity contribution in [2.24, 2.45) is 0 Å². The van der Waals surface area contributed by atoms with Crippen molar-refractivity contribution in [2.45, 2.75) is 45.1 Å². The van der Waals surface area contributed by atoms with Crippen molar-refractivity contribution in [1.29, 1.82) is 0 Å². The molecule has 3 aliphatic rings. The summed E-state index contributed by atoms with van der Waals surface area (Å²) >= 11 is 0. The standard InChI is InChI=1S/C27H27N3O4/c1-15-11-20-22(31)14-27(34-23(20)12-16(15)2)6-9-30(10-7-27)26(33)17-3-4-21-19(13-17)18-5-8-28-25(32)24(18)29-21/h3-4,11-13,29H,5-10,14H2,1-2H3,(H,28,32). The van der Waals surface area contributed by atoms with E-state index >= 15 is 0 Å². The average Bonchev–Trinajstić information content (AvgIpc) is 3.20. The minimum atomic E-state index is -0.542. The van der Waals surface area contributed by atoms with E-state index in [0.717, 1.165) is 34.0 Å². The molecule has 1 spiro atoms. The molecular weight excluding hydrogens is 430 g/mol. The van der Waals surface area contributed by atoms with Gasteiger partial charge < -0.3 is 19.9 Å². The largest absolute Gasteiger partial charge is 0.486 e. The first-order chi connectivity index (χ1) is 16.3. The Kier molecular flexibility index (Phi) is 4.59. The van der Waals surface area contributed by atoms with Crippen LogP contribution in [0.25, 0.3) is 10.9 Å². The summed E-state index contributed by atoms with van der Waals surface area (Å²) in [6.45, 7) is 5.71. The fraction of sp³-hybridized carbons (Fsp3) is 0.370. The van der Waals surface area contributed by atoms with Crippen molar-refractivity contribution in [1.82, 2.24) is 15.2 Å². The number of carbonyl (C=O) groups excluding carboxylic acids is 3. The molecule has 174 valence electrons. The number of amides is 2. The van der Waals surface area contributed by atoms with E-state index in [0.29, 0.717) is 61.5 Å². The number of piperidine rings is 1. The first kappa shape index (κ1) is 21.0. The van der Waals surface area contributed by atoms with Gasteiger partial charge in [0.15, 0.2) is 5.78 Å². The zero-order valence-electron chi connectivity index (χ0n) is 19.4. The topological polar surface area (TPSA) is 91.5 Å². The first-order valence-electron chi connectivity index (χ1n) is 11.9. The lowest BCUT2D eigenvalue weighted by molar-refractivity contribution is -0.00575. The molecule has 1 fully saturated rings. The van der Waals surface area contributed by atoms with Gasteiger partial charge in [0.25, 0.3) is 11.8 Å². The Hall–Kier alpha value is -3.61. The molecule has 0 saturated carbocycles. The zero-order valence-corrected chi connectivity index (χ0v) is 19.4. The Bertz CT molecular complexity index is 1380. The molecule has 4 heterocycles. The van der Waals surface area contributed by atoms with Gasteiger partial charge in [-0.15, -0.1) is 0 Å². The van der Waals surface area contributed by atoms with Crippen LogP contribution in [0, 0.1) is 13.8 Å². The van der Waals surface area contributed by atoms with Crippen LogP contribution in [0.1, 0.15) is 67.2 Å². The van der Waals surface area contributed by atoms with Crippen molar-refractivity contribution >= 4 is 28.5 Å². The molecule has 7 heteroatoms. The van der Waals surface area contributed by atoms with Crippen LogP contribution in [0.2, 0.25) is 0 Å². The number of aryl methyl sites for hydroxylation is 2. The molecule has 34 heavy (non-hydrogen) atoms. The third kappa shape index (κ3) is 3.22. The molecule has 2 amide bonds. The lowest BCUT2D eigenvalue weighted by Gasteiger charge is -2.44. The lowest BCUT2D eigenvalue weighted by atomic mass is 9.81. The zero-order chi connectivity index (χ0) is 23.6. The van der Waals surface area contributed by atoms with Gasteiger partial charge in [-0.2, -0.15) is 0 Å². The van der Waals surface area contributed by atoms with Gasteiger partial charge in [0, 0.05) is 48.9 Å². The van der Waals surface area contributed by atoms with Crippen LogP contribution < -0.4 is 10.1 Å². The Morgan fingerprint density at radius 1 is 1.06 bits per heavy atom. The molecule has 1 saturated heterocycles. The van der Waals surface area contributed by atoms with E-state index < -0.39 is 5.60 Å². The molecule has 2 N–H and O–H groups in total. The Labute approximate surface area is 197 Å². The van der Waals surface area contributed by atoms with E-state index in [1.165, 1.54) is 0 Å². The third-order valence-corrected chi connectivity index (χ3v) is 7.71. The minimum Gasteiger partial charge on any atom is -0.486 e. The number of hydrogen-bond acceptors (Lipinski definition) is 4. The van der Waals surface area contributed by atoms with E-state index in [2.05, 4.69) is 10.3 Å². The summed E-state index contributed by atoms with van der Waals surface area (Å²) in [4.78, 5) is 43.4. The summed E-state index contributed by atoms with van der Waals surface area (Å²) in [5.41, 5.74) is 5.38. The molecule has 0 aliphatic carbocycles. The van der Waals surface area contributed by atoms with Gasteiger partial charge in [0.2, 0.25) is 0 Å². The number of hydrogen-bond donors (Lipinski definition) is 2. The summed E-state index contributed by atoms with van der Waals surface area (Å²) < 4.78 is 6.42. The van der Waals surface area contributed by atoms with Crippen molar-refractivity contribution in [2.75, 3.05) is 19.6 Å². The van der Waals surface area contributed by atoms with Gasteiger partial charge in [-0.25, -0.2) is 0 Å². The number of aromatic nitrogens is 1. The summed E-state index contributed by atoms with van der Waals surface area (Å²) in [7, 11) is 0. The van der Waals surface area contributed by atoms with Crippen LogP contribution in [0.15, 0.2) is 30.3 Å². The molecule has 6 rings (SSSR count). The molecule has 3 aliphatic heterocycles. The Morgan fingerprint density at radius 3 is 2.62 bits per heavy atom. The van der Waals surface area contributed by atoms with Gasteiger partial charge in [-0.3, -0.25) is 14.4 Å². The maximum atomic E-state index is 13.3. The number of likely N-dealkylation sites (tertiary alicyclic amines) is 1. The van der Waals surface area contributed by atoms with E-state index in [9.17, 15) is 14.4 Å². The molecule has 0 radical (unpaired) electrons. The van der Waals surface area contributed by atoms with Crippen LogP contribution in [-0.4, -0.2) is 52.7 Å². The molecule has 2 aromatic carbocycles. The maximum Gasteiger partial charge on any atom is 0.268 e. The van der Waals surface area contributed by atoms with Crippen LogP contribution in [0.5, 0.6) is 5.75 Å². The van der Waals surface area contributed by atoms with Crippen LogP contribution in [-0.2, 0) is 6.42 Å². The smallest absolute Gasteiger partial charge is 0.268 e. The van der Waals surface area contributed by atoms with Crippen LogP contribution in [0.3, 0.4) is 0 Å². The monoisotopic (exact) mass is 457 g/mol. The molecule has 7 nitrogen and oxygen atoms in total. The number of ketones is 1. The SMILES string of the molecule is Cc1cc2c(cc1C)C(=O)CC1(CCN(C(=O)c3ccc4[nH]c5c(c4c3)CCNC5=O)CC1)O2. The second-order valence-electron chi connectivity index (χ2n) is 9.85. The number of benzene rings is 2. The van der Waals surface area contributed by atoms with Gasteiger partial charge in [-0.1, -0.05) is 0 Å². The fourth-order valence-corrected chi connectivity index (χ4v) is 5.55. The fourth-order valence-electron chi connectivity index (χ4n) is 5.55. The number of ether oxygens (including phenoxy) is 1. The Morgan fingerprint density at radius 2 is 1.82 bits per heavy atom. The van der Waals surface area contributed by atoms with E-state index in [1.807, 2.05) is 49.1 Å². The summed E-state index contributed by atoms with van der Waals surface area (Å²) in [5, 5.41) is 3.79. The predicted molar refractivity (Wildman–Crippen MR) is 128 cm³/mol. The molecule has 1 aromatic heterocycles. The first-order valence-corrected chi connectivity index (χ1v) is 11.9. The van der Waals surface area contributed by atoms with Crippen molar-refractivity contribution in [3.8, 4) is 5.75 Å². The minimum absolute atomic E-state index is 0.0269. The van der Waals surface area contributed by atoms with E-state index in [-0.39, 0.29) is 17.6 Å². The number of rotatable bonds is 1. The summed E-state index contributed by atoms with van der Waals surface area (Å²) in [5.74, 6) is 0.670. The van der Waals surface area contributed by atoms with Gasteiger partial charge in [0.05, 0.1) is 12.0 Å². The quantitative estimate of drug-likeness (QED) is 0.583. The van der Waals surface area contributed by atoms with Crippen LogP contribution in [0.4, 0.5) is 0 Å². The molecule has 0 atom stereocenters. The highest BCUT2D eigenvalue weighted by Gasteiger charge is 2.44. The van der Waals surface area contributed by atoms with E-state index in [1.54, 1.807) is 0 Å². The van der Waals surface area contributed by atoms with Gasteiger partial charge in [-0.05, 0) is 67.3 Å². The predicted octanol–water partition coefficient (Wildman–Crippen LogP) is 3.71. The highest BCUT2D eigenvalue weighted by Crippen LogP contribution is 2.40. The second kappa shape index (κ2) is 7.45. The average molecular weight is 458 g/mol. The molecular formula is C27H27N3O4. The van der Waals surface area contributed by atoms with E-state index in [4.69, 9.17) is 4.74 Å². The summed E-state index contributed by atoms with van der Waals surface area (Å²) in [6, 6.07) is 9.49. The number of aromatic amines is 1. The third-order valence-electron chi connectivity index (χ3n) is 7.71. The number of carbonyl (C=O) groups is 3. The Balaban J connectivity index is 1.21. The number of Topliss-reactive ketones (excluding diaryl/α,β-unsaturated/α-hetero) is 1. The number of nitrogens with one attached hydrogen (secondary N) is 2. The highest BCUT2D eigenvalue weighted by atomic mass is 16.5. The highest BCUT2D eigenvalue weighted by molar-refractivity contribution is 6.05. The molecule has 0 bridgehead atoms. The van der Waals surface area contributed by atoms with Crippen molar-refractivity contribution in [3.63, 3.8) is 0 Å². The van der Waals surface area contributed by atoms with Crippen molar-refractivity contribution < 1.29 is 19.1 Å². The normalized spacial score (nSPS) is 18.9.